The molecule has 0 saturated carbocycles. The van der Waals surface area contributed by atoms with Gasteiger partial charge in [-0.25, -0.2) is 4.98 Å². The van der Waals surface area contributed by atoms with E-state index in [1.165, 1.54) is 24.2 Å². The van der Waals surface area contributed by atoms with Crippen LogP contribution in [0.2, 0.25) is 0 Å². The molecule has 0 bridgehead atoms. The molecule has 1 aromatic heterocycles. The lowest BCUT2D eigenvalue weighted by Crippen LogP contribution is -2.23. The molecule has 0 radical (unpaired) electrons. The molecule has 1 aliphatic rings. The standard InChI is InChI=1S/C11H13F3N2S/c12-11(13,14)8-3-4-10(16-6-8)17-7-9-2-1-5-15-9/h3-4,6,9,15H,1-2,5,7H2/t9-/m0/s1. The Morgan fingerprint density at radius 1 is 1.41 bits per heavy atom. The number of pyridine rings is 1. The minimum atomic E-state index is -4.30. The zero-order valence-electron chi connectivity index (χ0n) is 9.13. The van der Waals surface area contributed by atoms with Crippen LogP contribution in [-0.4, -0.2) is 23.3 Å². The van der Waals surface area contributed by atoms with E-state index in [1.807, 2.05) is 0 Å². The highest BCUT2D eigenvalue weighted by Gasteiger charge is 2.30. The van der Waals surface area contributed by atoms with E-state index < -0.39 is 11.7 Å². The van der Waals surface area contributed by atoms with Crippen LogP contribution in [0.25, 0.3) is 0 Å². The van der Waals surface area contributed by atoms with E-state index in [2.05, 4.69) is 10.3 Å². The van der Waals surface area contributed by atoms with Gasteiger partial charge in [0, 0.05) is 18.0 Å². The van der Waals surface area contributed by atoms with Crippen molar-refractivity contribution in [3.05, 3.63) is 23.9 Å². The number of halogens is 3. The number of alkyl halides is 3. The third-order valence-electron chi connectivity index (χ3n) is 2.66. The summed E-state index contributed by atoms with van der Waals surface area (Å²) >= 11 is 1.50. The summed E-state index contributed by atoms with van der Waals surface area (Å²) in [4.78, 5) is 3.82. The quantitative estimate of drug-likeness (QED) is 0.848. The Balaban J connectivity index is 1.89. The molecular formula is C11H13F3N2S. The molecular weight excluding hydrogens is 249 g/mol. The normalized spacial score (nSPS) is 20.8. The van der Waals surface area contributed by atoms with Gasteiger partial charge in [-0.3, -0.25) is 0 Å². The van der Waals surface area contributed by atoms with Crippen LogP contribution in [-0.2, 0) is 6.18 Å². The number of nitrogens with zero attached hydrogens (tertiary/aromatic N) is 1. The van der Waals surface area contributed by atoms with Crippen molar-refractivity contribution in [2.24, 2.45) is 0 Å². The Kier molecular flexibility index (Phi) is 3.93. The van der Waals surface area contributed by atoms with Gasteiger partial charge in [0.05, 0.1) is 10.6 Å². The van der Waals surface area contributed by atoms with Gasteiger partial charge in [-0.1, -0.05) is 0 Å². The molecule has 0 aliphatic carbocycles. The third-order valence-corrected chi connectivity index (χ3v) is 3.76. The monoisotopic (exact) mass is 262 g/mol. The molecule has 94 valence electrons. The topological polar surface area (TPSA) is 24.9 Å². The van der Waals surface area contributed by atoms with Crippen LogP contribution in [0, 0.1) is 0 Å². The summed E-state index contributed by atoms with van der Waals surface area (Å²) < 4.78 is 36.9. The van der Waals surface area contributed by atoms with Crippen molar-refractivity contribution in [3.63, 3.8) is 0 Å². The summed E-state index contributed by atoms with van der Waals surface area (Å²) in [6, 6.07) is 2.98. The molecule has 6 heteroatoms. The highest BCUT2D eigenvalue weighted by Crippen LogP contribution is 2.29. The highest BCUT2D eigenvalue weighted by molar-refractivity contribution is 7.99. The van der Waals surface area contributed by atoms with Gasteiger partial charge < -0.3 is 5.32 Å². The van der Waals surface area contributed by atoms with Crippen molar-refractivity contribution in [2.75, 3.05) is 12.3 Å². The van der Waals surface area contributed by atoms with Crippen LogP contribution in [0.1, 0.15) is 18.4 Å². The van der Waals surface area contributed by atoms with Crippen LogP contribution in [0.5, 0.6) is 0 Å². The van der Waals surface area contributed by atoms with Crippen molar-refractivity contribution in [1.29, 1.82) is 0 Å². The minimum absolute atomic E-state index is 0.462. The van der Waals surface area contributed by atoms with Crippen molar-refractivity contribution >= 4 is 11.8 Å². The number of hydrogen-bond donors (Lipinski definition) is 1. The zero-order chi connectivity index (χ0) is 12.3. The average molecular weight is 262 g/mol. The maximum absolute atomic E-state index is 12.3. The maximum atomic E-state index is 12.3. The summed E-state index contributed by atoms with van der Waals surface area (Å²) in [5, 5.41) is 3.98. The van der Waals surface area contributed by atoms with E-state index in [-0.39, 0.29) is 0 Å². The second kappa shape index (κ2) is 5.27. The summed E-state index contributed by atoms with van der Waals surface area (Å²) in [5.41, 5.74) is -0.694. The SMILES string of the molecule is FC(F)(F)c1ccc(SC[C@@H]2CCCN2)nc1. The van der Waals surface area contributed by atoms with Crippen LogP contribution < -0.4 is 5.32 Å². The number of thioether (sulfide) groups is 1. The van der Waals surface area contributed by atoms with E-state index in [0.717, 1.165) is 31.0 Å². The molecule has 1 aromatic rings. The number of rotatable bonds is 3. The molecule has 0 unspecified atom stereocenters. The van der Waals surface area contributed by atoms with E-state index in [0.29, 0.717) is 11.1 Å². The van der Waals surface area contributed by atoms with Crippen molar-refractivity contribution < 1.29 is 13.2 Å². The Morgan fingerprint density at radius 3 is 2.76 bits per heavy atom. The molecule has 0 amide bonds. The van der Waals surface area contributed by atoms with E-state index in [1.54, 1.807) is 0 Å². The fourth-order valence-corrected chi connectivity index (χ4v) is 2.67. The molecule has 17 heavy (non-hydrogen) atoms. The predicted octanol–water partition coefficient (Wildman–Crippen LogP) is 2.94. The van der Waals surface area contributed by atoms with Crippen LogP contribution >= 0.6 is 11.8 Å². The first kappa shape index (κ1) is 12.7. The van der Waals surface area contributed by atoms with Gasteiger partial charge in [-0.15, -0.1) is 11.8 Å². The molecule has 1 saturated heterocycles. The van der Waals surface area contributed by atoms with Gasteiger partial charge in [-0.05, 0) is 31.5 Å². The molecule has 2 nitrogen and oxygen atoms in total. The van der Waals surface area contributed by atoms with Gasteiger partial charge in [0.25, 0.3) is 0 Å². The fraction of sp³-hybridized carbons (Fsp3) is 0.545. The van der Waals surface area contributed by atoms with Gasteiger partial charge in [0.2, 0.25) is 0 Å². The Hall–Kier alpha value is -0.750. The Bertz CT molecular complexity index is 358. The molecule has 1 N–H and O–H groups in total. The zero-order valence-corrected chi connectivity index (χ0v) is 9.94. The van der Waals surface area contributed by atoms with Gasteiger partial charge in [0.15, 0.2) is 0 Å². The van der Waals surface area contributed by atoms with E-state index >= 15 is 0 Å². The number of aromatic nitrogens is 1. The number of hydrogen-bond acceptors (Lipinski definition) is 3. The second-order valence-electron chi connectivity index (χ2n) is 3.99. The molecule has 2 rings (SSSR count). The minimum Gasteiger partial charge on any atom is -0.313 e. The highest BCUT2D eigenvalue weighted by atomic mass is 32.2. The third kappa shape index (κ3) is 3.61. The lowest BCUT2D eigenvalue weighted by molar-refractivity contribution is -0.137. The first-order valence-corrected chi connectivity index (χ1v) is 6.44. The van der Waals surface area contributed by atoms with Gasteiger partial charge in [-0.2, -0.15) is 13.2 Å². The lowest BCUT2D eigenvalue weighted by Gasteiger charge is -2.09. The van der Waals surface area contributed by atoms with Crippen LogP contribution in [0.3, 0.4) is 0 Å². The summed E-state index contributed by atoms with van der Waals surface area (Å²) in [7, 11) is 0. The predicted molar refractivity (Wildman–Crippen MR) is 61.0 cm³/mol. The van der Waals surface area contributed by atoms with Gasteiger partial charge in [0.1, 0.15) is 0 Å². The van der Waals surface area contributed by atoms with E-state index in [9.17, 15) is 13.2 Å². The van der Waals surface area contributed by atoms with Crippen molar-refractivity contribution in [1.82, 2.24) is 10.3 Å². The summed E-state index contributed by atoms with van der Waals surface area (Å²) in [6.45, 7) is 1.03. The Labute approximate surface area is 102 Å². The van der Waals surface area contributed by atoms with Crippen molar-refractivity contribution in [2.45, 2.75) is 30.1 Å². The largest absolute Gasteiger partial charge is 0.417 e. The first-order chi connectivity index (χ1) is 8.05. The molecule has 1 fully saturated rings. The number of nitrogens with one attached hydrogen (secondary N) is 1. The molecule has 2 heterocycles. The Morgan fingerprint density at radius 2 is 2.24 bits per heavy atom. The van der Waals surface area contributed by atoms with Crippen LogP contribution in [0.15, 0.2) is 23.4 Å². The summed E-state index contributed by atoms with van der Waals surface area (Å²) in [5.74, 6) is 0.859. The molecule has 0 spiro atoms. The maximum Gasteiger partial charge on any atom is 0.417 e. The molecule has 0 aromatic carbocycles. The smallest absolute Gasteiger partial charge is 0.313 e. The van der Waals surface area contributed by atoms with Gasteiger partial charge >= 0.3 is 6.18 Å². The average Bonchev–Trinajstić information content (AvgIpc) is 2.78. The molecule has 1 atom stereocenters. The second-order valence-corrected chi connectivity index (χ2v) is 5.03. The lowest BCUT2D eigenvalue weighted by atomic mass is 10.3. The van der Waals surface area contributed by atoms with Crippen molar-refractivity contribution in [3.8, 4) is 0 Å². The fourth-order valence-electron chi connectivity index (χ4n) is 1.72. The first-order valence-electron chi connectivity index (χ1n) is 5.45. The molecule has 1 aliphatic heterocycles. The summed E-state index contributed by atoms with van der Waals surface area (Å²) in [6.07, 6.45) is -1.10. The van der Waals surface area contributed by atoms with E-state index in [4.69, 9.17) is 0 Å². The van der Waals surface area contributed by atoms with Crippen LogP contribution in [0.4, 0.5) is 13.2 Å².